The van der Waals surface area contributed by atoms with Gasteiger partial charge in [0.15, 0.2) is 5.72 Å². The van der Waals surface area contributed by atoms with E-state index in [2.05, 4.69) is 5.32 Å². The summed E-state index contributed by atoms with van der Waals surface area (Å²) in [4.78, 5) is 10.2. The van der Waals surface area contributed by atoms with Crippen LogP contribution in [0.4, 0.5) is 11.4 Å². The summed E-state index contributed by atoms with van der Waals surface area (Å²) in [5.74, 6) is -0.0354. The maximum Gasteiger partial charge on any atom is 0.270 e. The summed E-state index contributed by atoms with van der Waals surface area (Å²) in [6.45, 7) is 3.78. The summed E-state index contributed by atoms with van der Waals surface area (Å²) in [6.07, 6.45) is 0.686. The number of ether oxygens (including phenoxy) is 1. The zero-order valence-electron chi connectivity index (χ0n) is 9.61. The number of nitrogens with zero attached hydrogens (tertiary/aromatic N) is 1. The topological polar surface area (TPSA) is 88.3 Å². The molecule has 1 heterocycles. The van der Waals surface area contributed by atoms with Gasteiger partial charge in [-0.1, -0.05) is 6.92 Å². The maximum atomic E-state index is 10.7. The summed E-state index contributed by atoms with van der Waals surface area (Å²) >= 11 is 0. The van der Waals surface area contributed by atoms with E-state index in [1.54, 1.807) is 6.07 Å². The molecule has 6 nitrogen and oxygen atoms in total. The quantitative estimate of drug-likeness (QED) is 0.608. The summed E-state index contributed by atoms with van der Waals surface area (Å²) < 4.78 is 5.43. The minimum absolute atomic E-state index is 0.0354. The number of nitrogens with one attached hydrogen (secondary N) is 2. The highest BCUT2D eigenvalue weighted by atomic mass is 16.6. The normalized spacial score (nSPS) is 22.4. The lowest BCUT2D eigenvalue weighted by molar-refractivity contribution is -0.384. The second-order valence-corrected chi connectivity index (χ2v) is 4.13. The number of non-ortho nitro benzene ring substituents is 1. The van der Waals surface area contributed by atoms with Gasteiger partial charge in [0.05, 0.1) is 16.2 Å². The number of anilines is 1. The first-order valence-corrected chi connectivity index (χ1v) is 5.30. The summed E-state index contributed by atoms with van der Waals surface area (Å²) in [5, 5.41) is 21.6. The van der Waals surface area contributed by atoms with Gasteiger partial charge in [0, 0.05) is 18.6 Å². The van der Waals surface area contributed by atoms with Crippen LogP contribution < -0.4 is 5.32 Å². The minimum Gasteiger partial charge on any atom is -0.451 e. The third-order valence-electron chi connectivity index (χ3n) is 2.86. The van der Waals surface area contributed by atoms with Gasteiger partial charge in [-0.3, -0.25) is 15.5 Å². The molecule has 1 unspecified atom stereocenters. The average Bonchev–Trinajstić information content (AvgIpc) is 2.28. The van der Waals surface area contributed by atoms with E-state index >= 15 is 0 Å². The van der Waals surface area contributed by atoms with Crippen molar-refractivity contribution < 1.29 is 9.66 Å². The Hall–Kier alpha value is -2.11. The molecule has 0 fully saturated rings. The molecule has 0 radical (unpaired) electrons. The first-order valence-electron chi connectivity index (χ1n) is 5.30. The van der Waals surface area contributed by atoms with E-state index in [4.69, 9.17) is 10.1 Å². The fourth-order valence-electron chi connectivity index (χ4n) is 1.69. The van der Waals surface area contributed by atoms with E-state index < -0.39 is 10.6 Å². The van der Waals surface area contributed by atoms with Crippen LogP contribution in [0.1, 0.15) is 25.8 Å². The molecule has 1 aliphatic rings. The Kier molecular flexibility index (Phi) is 2.49. The van der Waals surface area contributed by atoms with Crippen molar-refractivity contribution in [2.24, 2.45) is 0 Å². The zero-order chi connectivity index (χ0) is 12.6. The molecule has 1 aliphatic heterocycles. The summed E-state index contributed by atoms with van der Waals surface area (Å²) in [5.41, 5.74) is 0.445. The smallest absolute Gasteiger partial charge is 0.270 e. The average molecular weight is 235 g/mol. The molecule has 0 spiro atoms. The van der Waals surface area contributed by atoms with Gasteiger partial charge in [-0.15, -0.1) is 0 Å². The van der Waals surface area contributed by atoms with E-state index in [1.165, 1.54) is 12.1 Å². The highest BCUT2D eigenvalue weighted by Gasteiger charge is 2.33. The van der Waals surface area contributed by atoms with Crippen LogP contribution in [0.25, 0.3) is 0 Å². The molecule has 1 aromatic carbocycles. The van der Waals surface area contributed by atoms with Crippen molar-refractivity contribution in [2.45, 2.75) is 26.0 Å². The third kappa shape index (κ3) is 1.93. The van der Waals surface area contributed by atoms with Crippen molar-refractivity contribution in [1.82, 2.24) is 0 Å². The van der Waals surface area contributed by atoms with Crippen molar-refractivity contribution in [3.8, 4) is 0 Å². The summed E-state index contributed by atoms with van der Waals surface area (Å²) in [7, 11) is 0. The number of nitro groups is 1. The van der Waals surface area contributed by atoms with Crippen molar-refractivity contribution in [2.75, 3.05) is 5.32 Å². The lowest BCUT2D eigenvalue weighted by Gasteiger charge is -2.36. The second-order valence-electron chi connectivity index (χ2n) is 4.13. The molecule has 0 saturated heterocycles. The maximum absolute atomic E-state index is 10.7. The van der Waals surface area contributed by atoms with E-state index in [0.717, 1.165) is 0 Å². The molecular formula is C11H13N3O3. The van der Waals surface area contributed by atoms with Crippen LogP contribution in [0.5, 0.6) is 0 Å². The van der Waals surface area contributed by atoms with Crippen LogP contribution in [0.15, 0.2) is 18.2 Å². The highest BCUT2D eigenvalue weighted by Crippen LogP contribution is 2.32. The van der Waals surface area contributed by atoms with Gasteiger partial charge in [0.25, 0.3) is 5.69 Å². The summed E-state index contributed by atoms with van der Waals surface area (Å²) in [6, 6.07) is 4.37. The monoisotopic (exact) mass is 235 g/mol. The second kappa shape index (κ2) is 3.73. The SMILES string of the molecule is CCC1(C)Nc2ccc([N+](=O)[O-])cc2C(=N)O1. The standard InChI is InChI=1S/C11H13N3O3/c1-3-11(2)13-9-5-4-7(14(15)16)6-8(9)10(12)17-11/h4-6,12-13H,3H2,1-2H3. The lowest BCUT2D eigenvalue weighted by Crippen LogP contribution is -2.43. The number of hydrogen-bond donors (Lipinski definition) is 2. The van der Waals surface area contributed by atoms with Crippen LogP contribution in [0.3, 0.4) is 0 Å². The first-order chi connectivity index (χ1) is 7.95. The lowest BCUT2D eigenvalue weighted by atomic mass is 10.1. The van der Waals surface area contributed by atoms with Gasteiger partial charge in [0.2, 0.25) is 5.90 Å². The van der Waals surface area contributed by atoms with Crippen molar-refractivity contribution in [3.05, 3.63) is 33.9 Å². The van der Waals surface area contributed by atoms with Crippen LogP contribution in [-0.4, -0.2) is 16.5 Å². The van der Waals surface area contributed by atoms with Crippen molar-refractivity contribution in [1.29, 1.82) is 5.41 Å². The predicted octanol–water partition coefficient (Wildman–Crippen LogP) is 2.49. The minimum atomic E-state index is -0.625. The van der Waals surface area contributed by atoms with Gasteiger partial charge >= 0.3 is 0 Å². The molecule has 0 saturated carbocycles. The van der Waals surface area contributed by atoms with E-state index in [-0.39, 0.29) is 11.6 Å². The number of hydrogen-bond acceptors (Lipinski definition) is 5. The van der Waals surface area contributed by atoms with Gasteiger partial charge in [-0.2, -0.15) is 0 Å². The number of fused-ring (bicyclic) bond motifs is 1. The number of benzene rings is 1. The van der Waals surface area contributed by atoms with Crippen LogP contribution in [-0.2, 0) is 4.74 Å². The third-order valence-corrected chi connectivity index (χ3v) is 2.86. The number of nitro benzene ring substituents is 1. The predicted molar refractivity (Wildman–Crippen MR) is 63.3 cm³/mol. The van der Waals surface area contributed by atoms with Crippen molar-refractivity contribution in [3.63, 3.8) is 0 Å². The van der Waals surface area contributed by atoms with E-state index in [1.807, 2.05) is 13.8 Å². The van der Waals surface area contributed by atoms with E-state index in [9.17, 15) is 10.1 Å². The van der Waals surface area contributed by atoms with E-state index in [0.29, 0.717) is 17.7 Å². The van der Waals surface area contributed by atoms with Gasteiger partial charge in [-0.05, 0) is 13.0 Å². The molecule has 90 valence electrons. The Balaban J connectivity index is 2.45. The van der Waals surface area contributed by atoms with Crippen LogP contribution in [0, 0.1) is 15.5 Å². The molecule has 0 aromatic heterocycles. The molecule has 1 atom stereocenters. The Morgan fingerprint density at radius 1 is 1.59 bits per heavy atom. The zero-order valence-corrected chi connectivity index (χ0v) is 9.61. The Bertz CT molecular complexity index is 501. The van der Waals surface area contributed by atoms with Gasteiger partial charge in [0.1, 0.15) is 0 Å². The molecule has 6 heteroatoms. The van der Waals surface area contributed by atoms with Gasteiger partial charge in [-0.25, -0.2) is 0 Å². The largest absolute Gasteiger partial charge is 0.451 e. The Labute approximate surface area is 98.3 Å². The van der Waals surface area contributed by atoms with Crippen LogP contribution >= 0.6 is 0 Å². The molecule has 0 aliphatic carbocycles. The Morgan fingerprint density at radius 3 is 2.88 bits per heavy atom. The fourth-order valence-corrected chi connectivity index (χ4v) is 1.69. The first kappa shape index (κ1) is 11.4. The molecule has 1 aromatic rings. The molecular weight excluding hydrogens is 222 g/mol. The highest BCUT2D eigenvalue weighted by molar-refractivity contribution is 6.00. The fraction of sp³-hybridized carbons (Fsp3) is 0.364. The van der Waals surface area contributed by atoms with Crippen LogP contribution in [0.2, 0.25) is 0 Å². The van der Waals surface area contributed by atoms with Crippen molar-refractivity contribution >= 4 is 17.3 Å². The molecule has 0 bridgehead atoms. The number of rotatable bonds is 2. The van der Waals surface area contributed by atoms with Gasteiger partial charge < -0.3 is 10.1 Å². The molecule has 2 rings (SSSR count). The molecule has 0 amide bonds. The Morgan fingerprint density at radius 2 is 2.29 bits per heavy atom. The molecule has 2 N–H and O–H groups in total. The molecule has 17 heavy (non-hydrogen) atoms.